The largest absolute Gasteiger partial charge is 0.329 e. The van der Waals surface area contributed by atoms with Gasteiger partial charge in [-0.3, -0.25) is 0 Å². The second-order valence-corrected chi connectivity index (χ2v) is 5.03. The number of nitrogens with two attached hydrogens (primary N) is 1. The lowest BCUT2D eigenvalue weighted by Crippen LogP contribution is -2.30. The van der Waals surface area contributed by atoms with E-state index >= 15 is 0 Å². The minimum absolute atomic E-state index is 0.324. The molecule has 0 spiro atoms. The van der Waals surface area contributed by atoms with E-state index in [0.29, 0.717) is 12.6 Å². The van der Waals surface area contributed by atoms with Gasteiger partial charge in [0.05, 0.1) is 0 Å². The molecule has 0 bridgehead atoms. The summed E-state index contributed by atoms with van der Waals surface area (Å²) in [7, 11) is 0. The van der Waals surface area contributed by atoms with Crippen LogP contribution in [0.1, 0.15) is 43.4 Å². The second kappa shape index (κ2) is 6.18. The monoisotopic (exact) mass is 232 g/mol. The summed E-state index contributed by atoms with van der Waals surface area (Å²) in [6.45, 7) is 3.99. The van der Waals surface area contributed by atoms with Gasteiger partial charge in [0.15, 0.2) is 0 Å². The zero-order chi connectivity index (χ0) is 12.1. The number of hydrogen-bond donors (Lipinski definition) is 2. The van der Waals surface area contributed by atoms with Crippen LogP contribution in [0.15, 0.2) is 24.3 Å². The van der Waals surface area contributed by atoms with E-state index < -0.39 is 0 Å². The molecule has 1 saturated carbocycles. The highest BCUT2D eigenvalue weighted by molar-refractivity contribution is 5.30. The molecular formula is C15H24N2. The van der Waals surface area contributed by atoms with E-state index in [4.69, 9.17) is 5.73 Å². The maximum Gasteiger partial charge on any atom is 0.0447 e. The maximum atomic E-state index is 5.90. The van der Waals surface area contributed by atoms with Crippen LogP contribution in [0.4, 0.5) is 0 Å². The van der Waals surface area contributed by atoms with Crippen molar-refractivity contribution in [2.75, 3.05) is 13.1 Å². The average molecular weight is 232 g/mol. The summed E-state index contributed by atoms with van der Waals surface area (Å²) in [4.78, 5) is 0. The fourth-order valence-corrected chi connectivity index (χ4v) is 2.38. The highest BCUT2D eigenvalue weighted by atomic mass is 14.9. The quantitative estimate of drug-likeness (QED) is 0.758. The Hall–Kier alpha value is -0.860. The van der Waals surface area contributed by atoms with Crippen LogP contribution in [0.2, 0.25) is 0 Å². The third-order valence-electron chi connectivity index (χ3n) is 3.69. The van der Waals surface area contributed by atoms with E-state index in [1.807, 2.05) is 0 Å². The zero-order valence-corrected chi connectivity index (χ0v) is 10.8. The van der Waals surface area contributed by atoms with Gasteiger partial charge in [-0.15, -0.1) is 0 Å². The van der Waals surface area contributed by atoms with E-state index in [2.05, 4.69) is 36.5 Å². The van der Waals surface area contributed by atoms with Crippen molar-refractivity contribution in [3.63, 3.8) is 0 Å². The van der Waals surface area contributed by atoms with Gasteiger partial charge in [-0.25, -0.2) is 0 Å². The van der Waals surface area contributed by atoms with Crippen molar-refractivity contribution in [1.82, 2.24) is 5.32 Å². The van der Waals surface area contributed by atoms with Gasteiger partial charge in [-0.05, 0) is 36.4 Å². The molecule has 0 radical (unpaired) electrons. The molecule has 2 nitrogen and oxygen atoms in total. The van der Waals surface area contributed by atoms with Crippen molar-refractivity contribution in [2.24, 2.45) is 11.7 Å². The van der Waals surface area contributed by atoms with E-state index in [1.54, 1.807) is 0 Å². The topological polar surface area (TPSA) is 38.0 Å². The summed E-state index contributed by atoms with van der Waals surface area (Å²) in [6.07, 6.45) is 5.25. The van der Waals surface area contributed by atoms with Crippen LogP contribution in [0.25, 0.3) is 0 Å². The van der Waals surface area contributed by atoms with E-state index in [0.717, 1.165) is 18.9 Å². The summed E-state index contributed by atoms with van der Waals surface area (Å²) in [5, 5.41) is 3.61. The maximum absolute atomic E-state index is 5.90. The Morgan fingerprint density at radius 2 is 2.12 bits per heavy atom. The Morgan fingerprint density at radius 1 is 1.35 bits per heavy atom. The zero-order valence-electron chi connectivity index (χ0n) is 10.8. The number of aryl methyl sites for hydroxylation is 1. The van der Waals surface area contributed by atoms with Gasteiger partial charge in [0.2, 0.25) is 0 Å². The molecule has 0 aliphatic heterocycles. The number of nitrogens with one attached hydrogen (secondary N) is 1. The summed E-state index contributed by atoms with van der Waals surface area (Å²) >= 11 is 0. The third kappa shape index (κ3) is 3.55. The van der Waals surface area contributed by atoms with Crippen molar-refractivity contribution in [2.45, 2.75) is 38.6 Å². The van der Waals surface area contributed by atoms with Gasteiger partial charge in [-0.2, -0.15) is 0 Å². The average Bonchev–Trinajstić information content (AvgIpc) is 3.19. The predicted octanol–water partition coefficient (Wildman–Crippen LogP) is 2.64. The Labute approximate surface area is 105 Å². The van der Waals surface area contributed by atoms with Crippen molar-refractivity contribution >= 4 is 0 Å². The molecule has 0 amide bonds. The van der Waals surface area contributed by atoms with Gasteiger partial charge in [0.1, 0.15) is 0 Å². The molecule has 0 aromatic heterocycles. The van der Waals surface area contributed by atoms with Crippen molar-refractivity contribution in [3.8, 4) is 0 Å². The first kappa shape index (κ1) is 12.6. The van der Waals surface area contributed by atoms with Gasteiger partial charge >= 0.3 is 0 Å². The standard InChI is InChI=1S/C15H24N2/c1-2-13-5-3-4-6-14(13)15(11-16)17-10-9-12-7-8-12/h3-6,12,15,17H,2,7-11,16H2,1H3. The summed E-state index contributed by atoms with van der Waals surface area (Å²) < 4.78 is 0. The van der Waals surface area contributed by atoms with E-state index in [1.165, 1.54) is 30.4 Å². The van der Waals surface area contributed by atoms with Crippen LogP contribution in [-0.4, -0.2) is 13.1 Å². The van der Waals surface area contributed by atoms with Crippen molar-refractivity contribution in [1.29, 1.82) is 0 Å². The first-order valence-corrected chi connectivity index (χ1v) is 6.86. The Morgan fingerprint density at radius 3 is 2.76 bits per heavy atom. The second-order valence-electron chi connectivity index (χ2n) is 5.03. The van der Waals surface area contributed by atoms with E-state index in [9.17, 15) is 0 Å². The Bertz CT molecular complexity index is 345. The Balaban J connectivity index is 1.94. The normalized spacial score (nSPS) is 17.1. The summed E-state index contributed by atoms with van der Waals surface area (Å²) in [5.74, 6) is 0.988. The molecule has 1 unspecified atom stereocenters. The SMILES string of the molecule is CCc1ccccc1C(CN)NCCC1CC1. The molecule has 1 aliphatic rings. The Kier molecular flexibility index (Phi) is 4.57. The molecule has 2 rings (SSSR count). The van der Waals surface area contributed by atoms with Gasteiger partial charge in [0.25, 0.3) is 0 Å². The lowest BCUT2D eigenvalue weighted by Gasteiger charge is -2.20. The molecule has 1 aromatic rings. The fraction of sp³-hybridized carbons (Fsp3) is 0.600. The molecule has 0 heterocycles. The van der Waals surface area contributed by atoms with Crippen LogP contribution < -0.4 is 11.1 Å². The van der Waals surface area contributed by atoms with Gasteiger partial charge in [-0.1, -0.05) is 44.0 Å². The number of rotatable bonds is 7. The van der Waals surface area contributed by atoms with E-state index in [-0.39, 0.29) is 0 Å². The predicted molar refractivity (Wildman–Crippen MR) is 73.0 cm³/mol. The third-order valence-corrected chi connectivity index (χ3v) is 3.69. The molecule has 1 fully saturated rings. The summed E-state index contributed by atoms with van der Waals surface area (Å²) in [5.41, 5.74) is 8.70. The molecular weight excluding hydrogens is 208 g/mol. The molecule has 1 atom stereocenters. The smallest absolute Gasteiger partial charge is 0.0447 e. The van der Waals surface area contributed by atoms with Crippen molar-refractivity contribution in [3.05, 3.63) is 35.4 Å². The minimum Gasteiger partial charge on any atom is -0.329 e. The molecule has 2 heteroatoms. The van der Waals surface area contributed by atoms with Crippen LogP contribution >= 0.6 is 0 Å². The number of benzene rings is 1. The molecule has 1 aromatic carbocycles. The van der Waals surface area contributed by atoms with Crippen LogP contribution in [0.3, 0.4) is 0 Å². The van der Waals surface area contributed by atoms with Crippen LogP contribution in [0, 0.1) is 5.92 Å². The summed E-state index contributed by atoms with van der Waals surface area (Å²) in [6, 6.07) is 8.96. The van der Waals surface area contributed by atoms with Gasteiger partial charge in [0, 0.05) is 12.6 Å². The molecule has 0 saturated heterocycles. The molecule has 1 aliphatic carbocycles. The first-order chi connectivity index (χ1) is 8.35. The highest BCUT2D eigenvalue weighted by Crippen LogP contribution is 2.32. The molecule has 3 N–H and O–H groups in total. The first-order valence-electron chi connectivity index (χ1n) is 6.86. The van der Waals surface area contributed by atoms with Gasteiger partial charge < -0.3 is 11.1 Å². The fourth-order valence-electron chi connectivity index (χ4n) is 2.38. The van der Waals surface area contributed by atoms with Crippen LogP contribution in [0.5, 0.6) is 0 Å². The minimum atomic E-state index is 0.324. The number of hydrogen-bond acceptors (Lipinski definition) is 2. The van der Waals surface area contributed by atoms with Crippen LogP contribution in [-0.2, 0) is 6.42 Å². The molecule has 17 heavy (non-hydrogen) atoms. The highest BCUT2D eigenvalue weighted by Gasteiger charge is 2.21. The molecule has 94 valence electrons. The lowest BCUT2D eigenvalue weighted by molar-refractivity contribution is 0.513. The lowest BCUT2D eigenvalue weighted by atomic mass is 9.98. The van der Waals surface area contributed by atoms with Crippen molar-refractivity contribution < 1.29 is 0 Å².